The molecular formula is C20H31NO4S. The maximum Gasteiger partial charge on any atom is 0.426 e. The summed E-state index contributed by atoms with van der Waals surface area (Å²) in [5, 5.41) is 0. The van der Waals surface area contributed by atoms with E-state index in [9.17, 15) is 4.79 Å². The number of ether oxygens (including phenoxy) is 2. The number of fused-ring (bicyclic) bond motifs is 1. The lowest BCUT2D eigenvalue weighted by molar-refractivity contribution is 0.131. The van der Waals surface area contributed by atoms with Gasteiger partial charge in [0.2, 0.25) is 0 Å². The fourth-order valence-electron chi connectivity index (χ4n) is 2.91. The van der Waals surface area contributed by atoms with Gasteiger partial charge in [-0.25, -0.2) is 9.10 Å². The van der Waals surface area contributed by atoms with Crippen LogP contribution in [0.5, 0.6) is 11.5 Å². The predicted molar refractivity (Wildman–Crippen MR) is 106 cm³/mol. The summed E-state index contributed by atoms with van der Waals surface area (Å²) in [5.41, 5.74) is 0.793. The van der Waals surface area contributed by atoms with Gasteiger partial charge in [0.05, 0.1) is 6.61 Å². The van der Waals surface area contributed by atoms with E-state index in [-0.39, 0.29) is 5.60 Å². The van der Waals surface area contributed by atoms with Crippen molar-refractivity contribution in [1.29, 1.82) is 0 Å². The summed E-state index contributed by atoms with van der Waals surface area (Å²) in [6.45, 7) is 6.89. The summed E-state index contributed by atoms with van der Waals surface area (Å²) in [7, 11) is 1.64. The standard InChI is InChI=1S/C20H31NO4S/c1-5-6-7-8-9-10-14-23-26-21(4)19(22)24-17-13-11-12-16-15-20(2,3)25-18(16)17/h11-13H,5-10,14-15H2,1-4H3. The SMILES string of the molecule is CCCCCCCCOSN(C)C(=O)Oc1cccc2c1OC(C)(C)C2. The van der Waals surface area contributed by atoms with Crippen LogP contribution < -0.4 is 9.47 Å². The number of benzene rings is 1. The van der Waals surface area contributed by atoms with Crippen molar-refractivity contribution in [2.75, 3.05) is 13.7 Å². The van der Waals surface area contributed by atoms with Gasteiger partial charge < -0.3 is 9.47 Å². The molecule has 0 radical (unpaired) electrons. The van der Waals surface area contributed by atoms with Crippen LogP contribution in [0, 0.1) is 0 Å². The van der Waals surface area contributed by atoms with Crippen molar-refractivity contribution in [3.05, 3.63) is 23.8 Å². The first-order chi connectivity index (χ1) is 12.4. The van der Waals surface area contributed by atoms with Gasteiger partial charge in [-0.3, -0.25) is 4.18 Å². The molecule has 6 heteroatoms. The van der Waals surface area contributed by atoms with Crippen LogP contribution in [0.3, 0.4) is 0 Å². The molecule has 146 valence electrons. The van der Waals surface area contributed by atoms with Gasteiger partial charge in [-0.05, 0) is 26.3 Å². The van der Waals surface area contributed by atoms with Crippen LogP contribution in [-0.4, -0.2) is 29.7 Å². The van der Waals surface area contributed by atoms with Crippen molar-refractivity contribution in [2.24, 2.45) is 0 Å². The van der Waals surface area contributed by atoms with Crippen LogP contribution in [0.1, 0.15) is 64.9 Å². The molecule has 26 heavy (non-hydrogen) atoms. The molecule has 1 heterocycles. The summed E-state index contributed by atoms with van der Waals surface area (Å²) >= 11 is 1.02. The van der Waals surface area contributed by atoms with E-state index < -0.39 is 6.09 Å². The summed E-state index contributed by atoms with van der Waals surface area (Å²) in [6, 6.07) is 5.64. The Kier molecular flexibility index (Phi) is 8.10. The van der Waals surface area contributed by atoms with Crippen molar-refractivity contribution in [3.63, 3.8) is 0 Å². The third-order valence-corrected chi connectivity index (χ3v) is 4.90. The van der Waals surface area contributed by atoms with Crippen LogP contribution in [0.15, 0.2) is 18.2 Å². The zero-order valence-electron chi connectivity index (χ0n) is 16.4. The maximum atomic E-state index is 12.3. The molecule has 1 aliphatic rings. The number of hydrogen-bond donors (Lipinski definition) is 0. The second-order valence-corrected chi connectivity index (χ2v) is 8.25. The fourth-order valence-corrected chi connectivity index (χ4v) is 3.36. The smallest absolute Gasteiger partial charge is 0.426 e. The third-order valence-electron chi connectivity index (χ3n) is 4.26. The van der Waals surface area contributed by atoms with E-state index in [0.717, 1.165) is 37.1 Å². The number of para-hydroxylation sites is 1. The molecule has 1 aromatic carbocycles. The average molecular weight is 382 g/mol. The molecule has 0 N–H and O–H groups in total. The van der Waals surface area contributed by atoms with E-state index in [1.807, 2.05) is 26.0 Å². The number of hydrogen-bond acceptors (Lipinski definition) is 5. The normalized spacial score (nSPS) is 14.6. The van der Waals surface area contributed by atoms with Crippen molar-refractivity contribution >= 4 is 18.3 Å². The van der Waals surface area contributed by atoms with Crippen molar-refractivity contribution in [1.82, 2.24) is 4.31 Å². The minimum Gasteiger partial charge on any atom is -0.483 e. The van der Waals surface area contributed by atoms with E-state index in [2.05, 4.69) is 6.92 Å². The van der Waals surface area contributed by atoms with E-state index >= 15 is 0 Å². The Bertz CT molecular complexity index is 591. The van der Waals surface area contributed by atoms with Gasteiger partial charge in [-0.2, -0.15) is 0 Å². The number of carbonyl (C=O) groups excluding carboxylic acids is 1. The first-order valence-corrected chi connectivity index (χ1v) is 10.2. The molecule has 0 saturated carbocycles. The highest BCUT2D eigenvalue weighted by Gasteiger charge is 2.33. The fraction of sp³-hybridized carbons (Fsp3) is 0.650. The van der Waals surface area contributed by atoms with Gasteiger partial charge in [0.1, 0.15) is 17.8 Å². The summed E-state index contributed by atoms with van der Waals surface area (Å²) in [6.07, 6.45) is 7.60. The number of carbonyl (C=O) groups is 1. The largest absolute Gasteiger partial charge is 0.483 e. The van der Waals surface area contributed by atoms with Crippen LogP contribution in [0.25, 0.3) is 0 Å². The minimum atomic E-state index is -0.473. The average Bonchev–Trinajstić information content (AvgIpc) is 2.92. The second kappa shape index (κ2) is 10.1. The van der Waals surface area contributed by atoms with E-state index in [0.29, 0.717) is 18.1 Å². The Morgan fingerprint density at radius 2 is 1.96 bits per heavy atom. The molecule has 0 atom stereocenters. The predicted octanol–water partition coefficient (Wildman–Crippen LogP) is 5.77. The molecule has 1 aliphatic heterocycles. The quantitative estimate of drug-likeness (QED) is 0.292. The van der Waals surface area contributed by atoms with E-state index in [1.54, 1.807) is 13.1 Å². The highest BCUT2D eigenvalue weighted by molar-refractivity contribution is 7.92. The van der Waals surface area contributed by atoms with Crippen LogP contribution in [0.4, 0.5) is 4.79 Å². The number of unbranched alkanes of at least 4 members (excludes halogenated alkanes) is 5. The van der Waals surface area contributed by atoms with Crippen LogP contribution in [0.2, 0.25) is 0 Å². The summed E-state index contributed by atoms with van der Waals surface area (Å²) in [4.78, 5) is 12.3. The van der Waals surface area contributed by atoms with Gasteiger partial charge in [-0.15, -0.1) is 0 Å². The Morgan fingerprint density at radius 3 is 2.73 bits per heavy atom. The molecule has 0 saturated heterocycles. The lowest BCUT2D eigenvalue weighted by atomic mass is 10.0. The second-order valence-electron chi connectivity index (χ2n) is 7.31. The lowest BCUT2D eigenvalue weighted by Crippen LogP contribution is -2.26. The Balaban J connectivity index is 1.71. The van der Waals surface area contributed by atoms with Crippen molar-refractivity contribution in [3.8, 4) is 11.5 Å². The van der Waals surface area contributed by atoms with Gasteiger partial charge >= 0.3 is 6.09 Å². The number of rotatable bonds is 10. The lowest BCUT2D eigenvalue weighted by Gasteiger charge is -2.19. The first-order valence-electron chi connectivity index (χ1n) is 9.49. The summed E-state index contributed by atoms with van der Waals surface area (Å²) in [5.74, 6) is 1.12. The third kappa shape index (κ3) is 6.40. The molecule has 0 spiro atoms. The molecule has 1 amide bonds. The van der Waals surface area contributed by atoms with Crippen molar-refractivity contribution in [2.45, 2.75) is 71.3 Å². The highest BCUT2D eigenvalue weighted by Crippen LogP contribution is 2.42. The monoisotopic (exact) mass is 381 g/mol. The number of amides is 1. The van der Waals surface area contributed by atoms with Gasteiger partial charge in [-0.1, -0.05) is 51.2 Å². The maximum absolute atomic E-state index is 12.3. The van der Waals surface area contributed by atoms with Gasteiger partial charge in [0.15, 0.2) is 11.5 Å². The topological polar surface area (TPSA) is 48.0 Å². The van der Waals surface area contributed by atoms with Crippen LogP contribution >= 0.6 is 12.2 Å². The zero-order chi connectivity index (χ0) is 19.0. The molecule has 5 nitrogen and oxygen atoms in total. The molecule has 1 aromatic rings. The molecule has 0 bridgehead atoms. The first kappa shape index (κ1) is 20.9. The molecule has 0 aliphatic carbocycles. The van der Waals surface area contributed by atoms with Crippen LogP contribution in [-0.2, 0) is 10.6 Å². The number of nitrogens with zero attached hydrogens (tertiary/aromatic N) is 1. The zero-order valence-corrected chi connectivity index (χ0v) is 17.2. The van der Waals surface area contributed by atoms with E-state index in [1.165, 1.54) is 30.0 Å². The molecule has 0 aromatic heterocycles. The summed E-state index contributed by atoms with van der Waals surface area (Å²) < 4.78 is 18.3. The Morgan fingerprint density at radius 1 is 1.23 bits per heavy atom. The Hall–Kier alpha value is -1.40. The highest BCUT2D eigenvalue weighted by atomic mass is 32.2. The van der Waals surface area contributed by atoms with E-state index in [4.69, 9.17) is 13.7 Å². The molecule has 0 fully saturated rings. The Labute approximate surface area is 161 Å². The van der Waals surface area contributed by atoms with Crippen molar-refractivity contribution < 1.29 is 18.5 Å². The molecular weight excluding hydrogens is 350 g/mol. The van der Waals surface area contributed by atoms with Gasteiger partial charge in [0, 0.05) is 19.0 Å². The molecule has 2 rings (SSSR count). The van der Waals surface area contributed by atoms with Gasteiger partial charge in [0.25, 0.3) is 0 Å². The molecule has 0 unspecified atom stereocenters. The minimum absolute atomic E-state index is 0.272.